The van der Waals surface area contributed by atoms with Gasteiger partial charge in [0.15, 0.2) is 0 Å². The molecule has 220 valence electrons. The number of rotatable bonds is 2. The van der Waals surface area contributed by atoms with E-state index in [4.69, 9.17) is 9.47 Å². The van der Waals surface area contributed by atoms with Gasteiger partial charge in [0.1, 0.15) is 6.10 Å². The normalized spacial score (nSPS) is 49.8. The van der Waals surface area contributed by atoms with Crippen molar-refractivity contribution < 1.29 is 24.2 Å². The average Bonchev–Trinajstić information content (AvgIpc) is 2.83. The van der Waals surface area contributed by atoms with Crippen LogP contribution in [-0.2, 0) is 19.1 Å². The Hall–Kier alpha value is -1.36. The summed E-state index contributed by atoms with van der Waals surface area (Å²) < 4.78 is 11.4. The van der Waals surface area contributed by atoms with Crippen LogP contribution >= 0.6 is 0 Å². The molecule has 4 saturated carbocycles. The van der Waals surface area contributed by atoms with Crippen LogP contribution in [0.15, 0.2) is 11.6 Å². The van der Waals surface area contributed by atoms with E-state index in [0.29, 0.717) is 11.8 Å². The summed E-state index contributed by atoms with van der Waals surface area (Å²) in [5, 5.41) is 12.4. The Bertz CT molecular complexity index is 1090. The monoisotopic (exact) mass is 542 g/mol. The third-order valence-corrected chi connectivity index (χ3v) is 14.4. The van der Waals surface area contributed by atoms with Crippen LogP contribution < -0.4 is 0 Å². The van der Waals surface area contributed by atoms with Crippen molar-refractivity contribution in [2.45, 2.75) is 132 Å². The third kappa shape index (κ3) is 3.53. The molecule has 5 heteroatoms. The van der Waals surface area contributed by atoms with Gasteiger partial charge in [-0.2, -0.15) is 0 Å². The summed E-state index contributed by atoms with van der Waals surface area (Å²) >= 11 is 0. The van der Waals surface area contributed by atoms with E-state index in [-0.39, 0.29) is 51.0 Å². The van der Waals surface area contributed by atoms with Gasteiger partial charge in [0, 0.05) is 18.3 Å². The molecule has 5 aliphatic rings. The summed E-state index contributed by atoms with van der Waals surface area (Å²) in [5.41, 5.74) is -0.611. The molecule has 0 saturated heterocycles. The quantitative estimate of drug-likeness (QED) is 0.294. The summed E-state index contributed by atoms with van der Waals surface area (Å²) in [5.74, 6) is 0.435. The topological polar surface area (TPSA) is 72.8 Å². The van der Waals surface area contributed by atoms with Crippen LogP contribution in [0.2, 0.25) is 0 Å². The Morgan fingerprint density at radius 2 is 1.51 bits per heavy atom. The molecule has 4 fully saturated rings. The summed E-state index contributed by atoms with van der Waals surface area (Å²) in [7, 11) is 1.51. The second-order valence-electron chi connectivity index (χ2n) is 16.4. The van der Waals surface area contributed by atoms with Gasteiger partial charge in [-0.25, -0.2) is 0 Å². The largest absolute Gasteiger partial charge is 0.469 e. The standard InChI is InChI=1S/C34H54O5/c1-21(35)39-25-14-15-30(6)23(29(25,4)5)13-16-32(8)24(30)12-11-22-26-33(9,37)28(2,3)17-19-34(26,27(36)38-10)20-18-31(22,32)7/h11,23-26,37H,12-20H2,1-10H3/t23-,24-,25-,26+,30-,31+,32+,33-,34-/m0/s1. The van der Waals surface area contributed by atoms with E-state index in [1.807, 2.05) is 6.92 Å². The second-order valence-corrected chi connectivity index (χ2v) is 16.4. The molecule has 0 bridgehead atoms. The third-order valence-electron chi connectivity index (χ3n) is 14.4. The number of fused-ring (bicyclic) bond motifs is 7. The molecular weight excluding hydrogens is 488 g/mol. The molecule has 0 heterocycles. The van der Waals surface area contributed by atoms with Gasteiger partial charge in [-0.05, 0) is 98.2 Å². The molecule has 0 amide bonds. The summed E-state index contributed by atoms with van der Waals surface area (Å²) in [4.78, 5) is 25.5. The Morgan fingerprint density at radius 3 is 2.13 bits per heavy atom. The molecule has 0 aromatic carbocycles. The van der Waals surface area contributed by atoms with Crippen molar-refractivity contribution in [3.8, 4) is 0 Å². The molecule has 5 aliphatic carbocycles. The molecule has 5 rings (SSSR count). The van der Waals surface area contributed by atoms with Crippen LogP contribution in [0.1, 0.15) is 120 Å². The fourth-order valence-corrected chi connectivity index (χ4v) is 11.5. The number of ether oxygens (including phenoxy) is 2. The van der Waals surface area contributed by atoms with Crippen molar-refractivity contribution in [2.24, 2.45) is 50.2 Å². The van der Waals surface area contributed by atoms with Crippen molar-refractivity contribution in [3.05, 3.63) is 11.6 Å². The van der Waals surface area contributed by atoms with Crippen molar-refractivity contribution >= 4 is 11.9 Å². The average molecular weight is 543 g/mol. The lowest BCUT2D eigenvalue weighted by Crippen LogP contribution is -2.69. The van der Waals surface area contributed by atoms with E-state index in [9.17, 15) is 14.7 Å². The number of hydrogen-bond acceptors (Lipinski definition) is 5. The maximum absolute atomic E-state index is 13.6. The number of hydrogen-bond donors (Lipinski definition) is 1. The number of aliphatic hydroxyl groups is 1. The van der Waals surface area contributed by atoms with Gasteiger partial charge in [0.2, 0.25) is 0 Å². The molecule has 5 nitrogen and oxygen atoms in total. The van der Waals surface area contributed by atoms with Crippen LogP contribution in [0, 0.1) is 50.2 Å². The Balaban J connectivity index is 1.61. The number of esters is 2. The predicted molar refractivity (Wildman–Crippen MR) is 153 cm³/mol. The van der Waals surface area contributed by atoms with Gasteiger partial charge < -0.3 is 14.6 Å². The number of allylic oxidation sites excluding steroid dienone is 1. The smallest absolute Gasteiger partial charge is 0.312 e. The number of methoxy groups -OCH3 is 1. The zero-order valence-corrected chi connectivity index (χ0v) is 26.3. The van der Waals surface area contributed by atoms with Gasteiger partial charge in [0.25, 0.3) is 0 Å². The van der Waals surface area contributed by atoms with Gasteiger partial charge in [-0.1, -0.05) is 60.1 Å². The molecule has 9 atom stereocenters. The molecule has 0 aliphatic heterocycles. The molecule has 0 spiro atoms. The van der Waals surface area contributed by atoms with E-state index in [2.05, 4.69) is 54.5 Å². The predicted octanol–water partition coefficient (Wildman–Crippen LogP) is 7.25. The van der Waals surface area contributed by atoms with E-state index in [0.717, 1.165) is 57.8 Å². The molecule has 0 unspecified atom stereocenters. The van der Waals surface area contributed by atoms with E-state index in [1.54, 1.807) is 0 Å². The lowest BCUT2D eigenvalue weighted by atomic mass is 9.32. The highest BCUT2D eigenvalue weighted by molar-refractivity contribution is 5.79. The van der Waals surface area contributed by atoms with Gasteiger partial charge in [-0.3, -0.25) is 9.59 Å². The molecule has 0 aromatic heterocycles. The van der Waals surface area contributed by atoms with Crippen molar-refractivity contribution in [3.63, 3.8) is 0 Å². The van der Waals surface area contributed by atoms with E-state index >= 15 is 0 Å². The minimum Gasteiger partial charge on any atom is -0.469 e. The number of carbonyl (C=O) groups is 2. The van der Waals surface area contributed by atoms with E-state index in [1.165, 1.54) is 19.6 Å². The Kier molecular flexibility index (Phi) is 6.41. The second kappa shape index (κ2) is 8.58. The van der Waals surface area contributed by atoms with Crippen LogP contribution in [0.25, 0.3) is 0 Å². The Labute approximate surface area is 236 Å². The molecule has 0 radical (unpaired) electrons. The Morgan fingerprint density at radius 1 is 0.872 bits per heavy atom. The van der Waals surface area contributed by atoms with Gasteiger partial charge in [0.05, 0.1) is 18.1 Å². The highest BCUT2D eigenvalue weighted by Gasteiger charge is 2.72. The first-order valence-electron chi connectivity index (χ1n) is 15.5. The fraction of sp³-hybridized carbons (Fsp3) is 0.882. The van der Waals surface area contributed by atoms with E-state index < -0.39 is 11.0 Å². The first kappa shape index (κ1) is 29.1. The lowest BCUT2D eigenvalue weighted by molar-refractivity contribution is -0.230. The van der Waals surface area contributed by atoms with Gasteiger partial charge in [-0.15, -0.1) is 0 Å². The summed E-state index contributed by atoms with van der Waals surface area (Å²) in [6, 6.07) is 0. The van der Waals surface area contributed by atoms with Gasteiger partial charge >= 0.3 is 11.9 Å². The fourth-order valence-electron chi connectivity index (χ4n) is 11.5. The molecular formula is C34H54O5. The number of carbonyl (C=O) groups excluding carboxylic acids is 2. The highest BCUT2D eigenvalue weighted by Crippen LogP contribution is 2.76. The minimum atomic E-state index is -1.01. The minimum absolute atomic E-state index is 0.0300. The van der Waals surface area contributed by atoms with Crippen LogP contribution in [0.4, 0.5) is 0 Å². The highest BCUT2D eigenvalue weighted by atomic mass is 16.5. The van der Waals surface area contributed by atoms with Crippen LogP contribution in [-0.4, -0.2) is 35.9 Å². The van der Waals surface area contributed by atoms with Crippen molar-refractivity contribution in [1.29, 1.82) is 0 Å². The SMILES string of the molecule is COC(=O)[C@]12CCC(C)(C)[C@@](C)(O)[C@H]1C1=CC[C@H]3[C@@]4(C)CC[C@H](OC(C)=O)C(C)(C)[C@@H]4CC[C@@]3(C)[C@]1(C)CC2. The molecule has 39 heavy (non-hydrogen) atoms. The first-order valence-corrected chi connectivity index (χ1v) is 15.5. The summed E-state index contributed by atoms with van der Waals surface area (Å²) in [6.07, 6.45) is 10.9. The first-order chi connectivity index (χ1) is 17.8. The van der Waals surface area contributed by atoms with Crippen molar-refractivity contribution in [2.75, 3.05) is 7.11 Å². The van der Waals surface area contributed by atoms with Crippen molar-refractivity contribution in [1.82, 2.24) is 0 Å². The summed E-state index contributed by atoms with van der Waals surface area (Å²) in [6.45, 7) is 20.0. The maximum atomic E-state index is 13.6. The lowest BCUT2D eigenvalue weighted by Gasteiger charge is -2.72. The molecule has 0 aromatic rings. The molecule has 1 N–H and O–H groups in total. The van der Waals surface area contributed by atoms with Crippen LogP contribution in [0.3, 0.4) is 0 Å². The van der Waals surface area contributed by atoms with Crippen LogP contribution in [0.5, 0.6) is 0 Å². The zero-order valence-electron chi connectivity index (χ0n) is 26.3. The maximum Gasteiger partial charge on any atom is 0.312 e. The zero-order chi connectivity index (χ0) is 29.0.